The lowest BCUT2D eigenvalue weighted by atomic mass is 9.89. The Balaban J connectivity index is 2.06. The fraction of sp³-hybridized carbons (Fsp3) is 0.500. The summed E-state index contributed by atoms with van der Waals surface area (Å²) >= 11 is 0. The van der Waals surface area contributed by atoms with E-state index in [-0.39, 0.29) is 6.10 Å². The standard InChI is InChI=1S/C12H17NO3/c1-2-13(15)16-10-6-7-11-9(8-10)4-3-5-12(11)14/h3-5,10,14-15H,2,6-8H2,1H3. The van der Waals surface area contributed by atoms with Gasteiger partial charge in [0, 0.05) is 13.0 Å². The summed E-state index contributed by atoms with van der Waals surface area (Å²) in [4.78, 5) is 5.34. The Kier molecular flexibility index (Phi) is 3.43. The van der Waals surface area contributed by atoms with Crippen molar-refractivity contribution in [1.29, 1.82) is 0 Å². The van der Waals surface area contributed by atoms with Gasteiger partial charge in [-0.3, -0.25) is 10.0 Å². The van der Waals surface area contributed by atoms with Crippen LogP contribution in [0.15, 0.2) is 18.2 Å². The molecule has 0 fully saturated rings. The first-order valence-electron chi connectivity index (χ1n) is 5.63. The average Bonchev–Trinajstić information content (AvgIpc) is 2.29. The molecule has 0 bridgehead atoms. The van der Waals surface area contributed by atoms with E-state index >= 15 is 0 Å². The third kappa shape index (κ3) is 2.35. The quantitative estimate of drug-likeness (QED) is 0.768. The van der Waals surface area contributed by atoms with Gasteiger partial charge in [0.15, 0.2) is 0 Å². The fourth-order valence-corrected chi connectivity index (χ4v) is 2.09. The lowest BCUT2D eigenvalue weighted by Crippen LogP contribution is -2.31. The first kappa shape index (κ1) is 11.4. The van der Waals surface area contributed by atoms with E-state index in [9.17, 15) is 10.3 Å². The van der Waals surface area contributed by atoms with Crippen molar-refractivity contribution >= 4 is 0 Å². The summed E-state index contributed by atoms with van der Waals surface area (Å²) in [5, 5.41) is 19.8. The highest BCUT2D eigenvalue weighted by atomic mass is 16.9. The van der Waals surface area contributed by atoms with E-state index in [4.69, 9.17) is 4.84 Å². The van der Waals surface area contributed by atoms with Crippen molar-refractivity contribution in [3.63, 3.8) is 0 Å². The van der Waals surface area contributed by atoms with Crippen LogP contribution >= 0.6 is 0 Å². The maximum atomic E-state index is 9.67. The van der Waals surface area contributed by atoms with Crippen molar-refractivity contribution in [2.75, 3.05) is 6.54 Å². The minimum atomic E-state index is -0.000694. The molecular formula is C12H17NO3. The molecule has 0 aromatic heterocycles. The van der Waals surface area contributed by atoms with Crippen LogP contribution in [0.2, 0.25) is 0 Å². The third-order valence-electron chi connectivity index (χ3n) is 2.95. The Morgan fingerprint density at radius 3 is 3.06 bits per heavy atom. The number of phenolic OH excluding ortho intramolecular Hbond substituents is 1. The van der Waals surface area contributed by atoms with Crippen molar-refractivity contribution < 1.29 is 15.2 Å². The summed E-state index contributed by atoms with van der Waals surface area (Å²) in [6.07, 6.45) is 2.35. The first-order chi connectivity index (χ1) is 7.70. The van der Waals surface area contributed by atoms with E-state index in [1.54, 1.807) is 6.07 Å². The lowest BCUT2D eigenvalue weighted by molar-refractivity contribution is -0.359. The minimum Gasteiger partial charge on any atom is -0.508 e. The molecule has 4 heteroatoms. The second-order valence-electron chi connectivity index (χ2n) is 4.05. The number of nitrogens with zero attached hydrogens (tertiary/aromatic N) is 1. The Hall–Kier alpha value is -1.10. The van der Waals surface area contributed by atoms with Gasteiger partial charge in [-0.25, -0.2) is 0 Å². The van der Waals surface area contributed by atoms with E-state index in [1.165, 1.54) is 0 Å². The molecular weight excluding hydrogens is 206 g/mol. The molecule has 0 heterocycles. The molecule has 0 radical (unpaired) electrons. The number of rotatable bonds is 3. The van der Waals surface area contributed by atoms with E-state index in [1.807, 2.05) is 19.1 Å². The molecule has 16 heavy (non-hydrogen) atoms. The van der Waals surface area contributed by atoms with Gasteiger partial charge in [0.2, 0.25) is 0 Å². The van der Waals surface area contributed by atoms with Gasteiger partial charge in [-0.15, -0.1) is 0 Å². The van der Waals surface area contributed by atoms with Crippen LogP contribution in [-0.2, 0) is 17.7 Å². The second kappa shape index (κ2) is 4.82. The first-order valence-corrected chi connectivity index (χ1v) is 5.63. The van der Waals surface area contributed by atoms with Crippen LogP contribution in [0.5, 0.6) is 5.75 Å². The lowest BCUT2D eigenvalue weighted by Gasteiger charge is -2.27. The molecule has 2 N–H and O–H groups in total. The Bertz CT molecular complexity index is 367. The number of hydroxylamine groups is 2. The Morgan fingerprint density at radius 2 is 2.31 bits per heavy atom. The van der Waals surface area contributed by atoms with Crippen molar-refractivity contribution in [2.45, 2.75) is 32.3 Å². The molecule has 4 nitrogen and oxygen atoms in total. The van der Waals surface area contributed by atoms with E-state index < -0.39 is 0 Å². The molecule has 1 aromatic carbocycles. The molecule has 1 aliphatic carbocycles. The minimum absolute atomic E-state index is 0.000694. The van der Waals surface area contributed by atoms with Crippen LogP contribution in [0.3, 0.4) is 0 Å². The summed E-state index contributed by atoms with van der Waals surface area (Å²) in [5.41, 5.74) is 2.13. The maximum Gasteiger partial charge on any atom is 0.119 e. The number of benzene rings is 1. The van der Waals surface area contributed by atoms with Crippen LogP contribution < -0.4 is 0 Å². The monoisotopic (exact) mass is 223 g/mol. The number of hydrogen-bond donors (Lipinski definition) is 2. The van der Waals surface area contributed by atoms with Crippen molar-refractivity contribution in [3.05, 3.63) is 29.3 Å². The molecule has 0 saturated carbocycles. The predicted octanol–water partition coefficient (Wildman–Crippen LogP) is 1.89. The van der Waals surface area contributed by atoms with Gasteiger partial charge in [-0.2, -0.15) is 0 Å². The zero-order chi connectivity index (χ0) is 11.5. The number of aromatic hydroxyl groups is 1. The summed E-state index contributed by atoms with van der Waals surface area (Å²) in [5.74, 6) is 0.368. The molecule has 1 aliphatic rings. The highest BCUT2D eigenvalue weighted by Gasteiger charge is 2.22. The fourth-order valence-electron chi connectivity index (χ4n) is 2.09. The van der Waals surface area contributed by atoms with Crippen molar-refractivity contribution in [2.24, 2.45) is 0 Å². The van der Waals surface area contributed by atoms with Gasteiger partial charge in [0.1, 0.15) is 5.75 Å². The van der Waals surface area contributed by atoms with Crippen LogP contribution in [0.4, 0.5) is 0 Å². The van der Waals surface area contributed by atoms with E-state index in [0.29, 0.717) is 12.3 Å². The van der Waals surface area contributed by atoms with Crippen molar-refractivity contribution in [3.8, 4) is 5.75 Å². The van der Waals surface area contributed by atoms with Crippen LogP contribution in [0, 0.1) is 0 Å². The van der Waals surface area contributed by atoms with Gasteiger partial charge >= 0.3 is 0 Å². The van der Waals surface area contributed by atoms with Gasteiger partial charge in [0.05, 0.1) is 6.10 Å². The normalized spacial score (nSPS) is 19.8. The highest BCUT2D eigenvalue weighted by Crippen LogP contribution is 2.29. The largest absolute Gasteiger partial charge is 0.508 e. The molecule has 88 valence electrons. The molecule has 1 atom stereocenters. The van der Waals surface area contributed by atoms with Crippen molar-refractivity contribution in [1.82, 2.24) is 5.23 Å². The zero-order valence-corrected chi connectivity index (χ0v) is 9.39. The average molecular weight is 223 g/mol. The van der Waals surface area contributed by atoms with Gasteiger partial charge in [-0.05, 0) is 37.0 Å². The summed E-state index contributed by atoms with van der Waals surface area (Å²) in [6.45, 7) is 2.27. The SMILES string of the molecule is CCN(O)OC1CCc2c(O)cccc2C1. The van der Waals surface area contributed by atoms with Crippen LogP contribution in [0.25, 0.3) is 0 Å². The smallest absolute Gasteiger partial charge is 0.119 e. The Labute approximate surface area is 95.0 Å². The highest BCUT2D eigenvalue weighted by molar-refractivity contribution is 5.41. The molecule has 1 aromatic rings. The molecule has 0 amide bonds. The summed E-state index contributed by atoms with van der Waals surface area (Å²) < 4.78 is 0. The third-order valence-corrected chi connectivity index (χ3v) is 2.95. The topological polar surface area (TPSA) is 52.9 Å². The molecule has 0 spiro atoms. The Morgan fingerprint density at radius 1 is 1.50 bits per heavy atom. The molecule has 1 unspecified atom stereocenters. The van der Waals surface area contributed by atoms with Crippen LogP contribution in [-0.4, -0.2) is 28.2 Å². The summed E-state index contributed by atoms with van der Waals surface area (Å²) in [6, 6.07) is 5.55. The van der Waals surface area contributed by atoms with Crippen LogP contribution in [0.1, 0.15) is 24.5 Å². The van der Waals surface area contributed by atoms with Gasteiger partial charge < -0.3 is 5.11 Å². The van der Waals surface area contributed by atoms with E-state index in [2.05, 4.69) is 0 Å². The number of phenols is 1. The maximum absolute atomic E-state index is 9.67. The number of fused-ring (bicyclic) bond motifs is 1. The predicted molar refractivity (Wildman–Crippen MR) is 59.2 cm³/mol. The molecule has 2 rings (SSSR count). The van der Waals surface area contributed by atoms with Gasteiger partial charge in [-0.1, -0.05) is 17.4 Å². The summed E-state index contributed by atoms with van der Waals surface area (Å²) in [7, 11) is 0. The van der Waals surface area contributed by atoms with E-state index in [0.717, 1.165) is 35.6 Å². The molecule has 0 aliphatic heterocycles. The number of hydrogen-bond acceptors (Lipinski definition) is 4. The second-order valence-corrected chi connectivity index (χ2v) is 4.05. The molecule has 0 saturated heterocycles. The zero-order valence-electron chi connectivity index (χ0n) is 9.39. The van der Waals surface area contributed by atoms with Gasteiger partial charge in [0.25, 0.3) is 0 Å².